The summed E-state index contributed by atoms with van der Waals surface area (Å²) < 4.78 is 20.4. The first-order chi connectivity index (χ1) is 13.1. The van der Waals surface area contributed by atoms with Gasteiger partial charge in [-0.3, -0.25) is 4.98 Å². The van der Waals surface area contributed by atoms with Gasteiger partial charge in [-0.2, -0.15) is 0 Å². The molecule has 1 aliphatic rings. The van der Waals surface area contributed by atoms with Crippen molar-refractivity contribution < 1.29 is 9.13 Å². The second-order valence-electron chi connectivity index (χ2n) is 7.16. The lowest BCUT2D eigenvalue weighted by Gasteiger charge is -2.22. The lowest BCUT2D eigenvalue weighted by molar-refractivity contribution is 0.415. The van der Waals surface area contributed by atoms with Crippen LogP contribution < -0.4 is 10.1 Å². The van der Waals surface area contributed by atoms with E-state index in [-0.39, 0.29) is 5.69 Å². The zero-order valence-corrected chi connectivity index (χ0v) is 15.8. The fraction of sp³-hybridized carbons (Fsp3) is 0.381. The van der Waals surface area contributed by atoms with E-state index in [1.807, 2.05) is 26.0 Å². The molecule has 0 aliphatic carbocycles. The van der Waals surface area contributed by atoms with E-state index in [4.69, 9.17) is 9.72 Å². The minimum absolute atomic E-state index is 0.255. The average Bonchev–Trinajstić information content (AvgIpc) is 2.67. The number of pyridine rings is 1. The Morgan fingerprint density at radius 3 is 2.78 bits per heavy atom. The SMILES string of the molecule is COc1cc(C)cc(C)c1-c1nc2nc(C3CCCNC3)cnc2cc1F. The Hall–Kier alpha value is -2.60. The molecule has 2 aromatic heterocycles. The number of piperidine rings is 1. The smallest absolute Gasteiger partial charge is 0.179 e. The van der Waals surface area contributed by atoms with E-state index in [0.29, 0.717) is 28.4 Å². The summed E-state index contributed by atoms with van der Waals surface area (Å²) >= 11 is 0. The van der Waals surface area contributed by atoms with Gasteiger partial charge in [0, 0.05) is 30.3 Å². The summed E-state index contributed by atoms with van der Waals surface area (Å²) in [4.78, 5) is 13.7. The van der Waals surface area contributed by atoms with Crippen LogP contribution in [0.5, 0.6) is 5.75 Å². The van der Waals surface area contributed by atoms with Crippen molar-refractivity contribution in [2.75, 3.05) is 20.2 Å². The Labute approximate surface area is 158 Å². The summed E-state index contributed by atoms with van der Waals surface area (Å²) in [6, 6.07) is 5.30. The van der Waals surface area contributed by atoms with Crippen LogP contribution >= 0.6 is 0 Å². The molecule has 0 spiro atoms. The number of aromatic nitrogens is 3. The fourth-order valence-corrected chi connectivity index (χ4v) is 3.80. The number of nitrogens with zero attached hydrogens (tertiary/aromatic N) is 3. The third-order valence-electron chi connectivity index (χ3n) is 5.12. The first-order valence-electron chi connectivity index (χ1n) is 9.26. The van der Waals surface area contributed by atoms with Crippen LogP contribution in [0.4, 0.5) is 4.39 Å². The molecule has 1 saturated heterocycles. The molecule has 1 N–H and O–H groups in total. The number of benzene rings is 1. The van der Waals surface area contributed by atoms with Crippen LogP contribution in [0.1, 0.15) is 35.6 Å². The summed E-state index contributed by atoms with van der Waals surface area (Å²) in [5.41, 5.74) is 4.73. The molecule has 1 fully saturated rings. The van der Waals surface area contributed by atoms with E-state index in [2.05, 4.69) is 15.3 Å². The lowest BCUT2D eigenvalue weighted by atomic mass is 9.96. The second kappa shape index (κ2) is 7.19. The van der Waals surface area contributed by atoms with Crippen molar-refractivity contribution in [1.29, 1.82) is 0 Å². The maximum Gasteiger partial charge on any atom is 0.179 e. The number of methoxy groups -OCH3 is 1. The van der Waals surface area contributed by atoms with Crippen molar-refractivity contribution in [3.8, 4) is 17.0 Å². The van der Waals surface area contributed by atoms with E-state index in [1.54, 1.807) is 13.3 Å². The molecule has 1 atom stereocenters. The summed E-state index contributed by atoms with van der Waals surface area (Å²) in [6.45, 7) is 5.85. The van der Waals surface area contributed by atoms with E-state index in [9.17, 15) is 4.39 Å². The predicted octanol–water partition coefficient (Wildman–Crippen LogP) is 3.92. The van der Waals surface area contributed by atoms with Gasteiger partial charge in [0.1, 0.15) is 17.0 Å². The number of halogens is 1. The first kappa shape index (κ1) is 17.8. The molecule has 5 nitrogen and oxygen atoms in total. The Morgan fingerprint density at radius 2 is 2.04 bits per heavy atom. The van der Waals surface area contributed by atoms with Crippen LogP contribution in [-0.4, -0.2) is 35.2 Å². The number of nitrogens with one attached hydrogen (secondary N) is 1. The molecule has 0 bridgehead atoms. The highest BCUT2D eigenvalue weighted by Crippen LogP contribution is 2.35. The Bertz CT molecular complexity index is 999. The van der Waals surface area contributed by atoms with Crippen molar-refractivity contribution >= 4 is 11.2 Å². The van der Waals surface area contributed by atoms with Crippen LogP contribution in [0.2, 0.25) is 0 Å². The first-order valence-corrected chi connectivity index (χ1v) is 9.26. The van der Waals surface area contributed by atoms with Crippen LogP contribution in [0.25, 0.3) is 22.4 Å². The van der Waals surface area contributed by atoms with E-state index < -0.39 is 5.82 Å². The van der Waals surface area contributed by atoms with E-state index in [0.717, 1.165) is 42.8 Å². The van der Waals surface area contributed by atoms with Crippen molar-refractivity contribution in [2.24, 2.45) is 0 Å². The van der Waals surface area contributed by atoms with E-state index >= 15 is 0 Å². The molecule has 3 heterocycles. The van der Waals surface area contributed by atoms with E-state index in [1.165, 1.54) is 6.07 Å². The van der Waals surface area contributed by atoms with Crippen molar-refractivity contribution in [3.63, 3.8) is 0 Å². The topological polar surface area (TPSA) is 59.9 Å². The van der Waals surface area contributed by atoms with Gasteiger partial charge in [-0.1, -0.05) is 6.07 Å². The zero-order chi connectivity index (χ0) is 19.0. The predicted molar refractivity (Wildman–Crippen MR) is 104 cm³/mol. The van der Waals surface area contributed by atoms with Crippen LogP contribution in [0, 0.1) is 19.7 Å². The van der Waals surface area contributed by atoms with Crippen LogP contribution in [-0.2, 0) is 0 Å². The number of hydrogen-bond acceptors (Lipinski definition) is 5. The summed E-state index contributed by atoms with van der Waals surface area (Å²) in [5, 5.41) is 3.39. The molecule has 0 radical (unpaired) electrons. The molecule has 3 aromatic rings. The van der Waals surface area contributed by atoms with Gasteiger partial charge in [-0.15, -0.1) is 0 Å². The minimum Gasteiger partial charge on any atom is -0.496 e. The second-order valence-corrected chi connectivity index (χ2v) is 7.16. The Kier molecular flexibility index (Phi) is 4.74. The molecule has 4 rings (SSSR count). The highest BCUT2D eigenvalue weighted by atomic mass is 19.1. The van der Waals surface area contributed by atoms with Crippen LogP contribution in [0.3, 0.4) is 0 Å². The lowest BCUT2D eigenvalue weighted by Crippen LogP contribution is -2.28. The van der Waals surface area contributed by atoms with Gasteiger partial charge in [-0.25, -0.2) is 14.4 Å². The molecule has 1 aliphatic heterocycles. The van der Waals surface area contributed by atoms with Crippen molar-refractivity contribution in [3.05, 3.63) is 47.0 Å². The maximum atomic E-state index is 14.9. The van der Waals surface area contributed by atoms with Gasteiger partial charge in [0.15, 0.2) is 11.5 Å². The summed E-state index contributed by atoms with van der Waals surface area (Å²) in [7, 11) is 1.59. The zero-order valence-electron chi connectivity index (χ0n) is 15.8. The highest BCUT2D eigenvalue weighted by Gasteiger charge is 2.20. The maximum absolute atomic E-state index is 14.9. The Morgan fingerprint density at radius 1 is 1.19 bits per heavy atom. The fourth-order valence-electron chi connectivity index (χ4n) is 3.80. The molecule has 140 valence electrons. The van der Waals surface area contributed by atoms with Gasteiger partial charge in [0.25, 0.3) is 0 Å². The third-order valence-corrected chi connectivity index (χ3v) is 5.12. The number of aryl methyl sites for hydroxylation is 2. The molecule has 27 heavy (non-hydrogen) atoms. The monoisotopic (exact) mass is 366 g/mol. The quantitative estimate of drug-likeness (QED) is 0.761. The minimum atomic E-state index is -0.422. The number of hydrogen-bond donors (Lipinski definition) is 1. The largest absolute Gasteiger partial charge is 0.496 e. The molecular formula is C21H23FN4O. The van der Waals surface area contributed by atoms with Crippen molar-refractivity contribution in [1.82, 2.24) is 20.3 Å². The van der Waals surface area contributed by atoms with Gasteiger partial charge in [0.05, 0.1) is 12.8 Å². The van der Waals surface area contributed by atoms with Crippen molar-refractivity contribution in [2.45, 2.75) is 32.6 Å². The van der Waals surface area contributed by atoms with Gasteiger partial charge >= 0.3 is 0 Å². The number of rotatable bonds is 3. The van der Waals surface area contributed by atoms with Crippen LogP contribution in [0.15, 0.2) is 24.4 Å². The standard InChI is InChI=1S/C21H23FN4O/c1-12-7-13(2)19(18(8-12)27-3)20-15(22)9-16-21(26-20)25-17(11-24-16)14-5-4-6-23-10-14/h7-9,11,14,23H,4-6,10H2,1-3H3. The van der Waals surface area contributed by atoms with Gasteiger partial charge in [0.2, 0.25) is 0 Å². The summed E-state index contributed by atoms with van der Waals surface area (Å²) in [6.07, 6.45) is 3.94. The van der Waals surface area contributed by atoms with Gasteiger partial charge in [-0.05, 0) is 50.4 Å². The Balaban J connectivity index is 1.85. The molecule has 1 unspecified atom stereocenters. The third kappa shape index (κ3) is 3.37. The molecule has 1 aromatic carbocycles. The molecule has 0 amide bonds. The average molecular weight is 366 g/mol. The summed E-state index contributed by atoms with van der Waals surface area (Å²) in [5.74, 6) is 0.509. The molecular weight excluding hydrogens is 343 g/mol. The number of ether oxygens (including phenoxy) is 1. The van der Waals surface area contributed by atoms with Gasteiger partial charge < -0.3 is 10.1 Å². The normalized spacial score (nSPS) is 17.3. The molecule has 6 heteroatoms. The highest BCUT2D eigenvalue weighted by molar-refractivity contribution is 5.79. The number of fused-ring (bicyclic) bond motifs is 1. The molecule has 0 saturated carbocycles.